The third-order valence-corrected chi connectivity index (χ3v) is 4.33. The van der Waals surface area contributed by atoms with Crippen LogP contribution < -0.4 is 10.6 Å². The Hall–Kier alpha value is -1.10. The molecular formula is C14H25N3O2. The van der Waals surface area contributed by atoms with Crippen molar-refractivity contribution < 1.29 is 9.59 Å². The maximum Gasteiger partial charge on any atom is 0.321 e. The Bertz CT molecular complexity index is 333. The highest BCUT2D eigenvalue weighted by atomic mass is 16.2. The molecule has 0 bridgehead atoms. The Balaban J connectivity index is 1.74. The standard InChI is InChI=1S/C14H25N3O2/c1-2-15-14(19)16-13(18)10-17-8-7-11-5-3-4-6-12(11)9-17/h11-12H,2-10H2,1H3,(H2,15,16,18,19)/t11-,12-/m0/s1. The van der Waals surface area contributed by atoms with Crippen LogP contribution in [0.5, 0.6) is 0 Å². The Kier molecular flexibility index (Phi) is 5.19. The highest BCUT2D eigenvalue weighted by Gasteiger charge is 2.31. The van der Waals surface area contributed by atoms with E-state index in [0.717, 1.165) is 24.9 Å². The number of carbonyl (C=O) groups is 2. The van der Waals surface area contributed by atoms with E-state index < -0.39 is 0 Å². The molecule has 2 aliphatic rings. The molecule has 0 aromatic rings. The van der Waals surface area contributed by atoms with E-state index in [4.69, 9.17) is 0 Å². The lowest BCUT2D eigenvalue weighted by molar-refractivity contribution is -0.121. The van der Waals surface area contributed by atoms with Crippen molar-refractivity contribution >= 4 is 11.9 Å². The summed E-state index contributed by atoms with van der Waals surface area (Å²) >= 11 is 0. The number of urea groups is 1. The molecule has 0 aromatic carbocycles. The van der Waals surface area contributed by atoms with E-state index in [2.05, 4.69) is 15.5 Å². The smallest absolute Gasteiger partial charge is 0.321 e. The average molecular weight is 267 g/mol. The number of nitrogens with one attached hydrogen (secondary N) is 2. The Morgan fingerprint density at radius 2 is 1.89 bits per heavy atom. The highest BCUT2D eigenvalue weighted by Crippen LogP contribution is 2.35. The van der Waals surface area contributed by atoms with Crippen LogP contribution >= 0.6 is 0 Å². The predicted octanol–water partition coefficient (Wildman–Crippen LogP) is 1.34. The molecule has 1 saturated carbocycles. The Morgan fingerprint density at radius 1 is 1.16 bits per heavy atom. The van der Waals surface area contributed by atoms with Gasteiger partial charge in [-0.2, -0.15) is 0 Å². The van der Waals surface area contributed by atoms with Crippen LogP contribution in [0, 0.1) is 11.8 Å². The molecule has 19 heavy (non-hydrogen) atoms. The minimum Gasteiger partial charge on any atom is -0.338 e. The molecule has 1 saturated heterocycles. The van der Waals surface area contributed by atoms with Gasteiger partial charge in [-0.3, -0.25) is 15.0 Å². The van der Waals surface area contributed by atoms with Gasteiger partial charge in [0.1, 0.15) is 0 Å². The van der Waals surface area contributed by atoms with Crippen LogP contribution in [0.25, 0.3) is 0 Å². The van der Waals surface area contributed by atoms with E-state index in [1.54, 1.807) is 0 Å². The maximum absolute atomic E-state index is 11.7. The molecule has 2 fully saturated rings. The van der Waals surface area contributed by atoms with Gasteiger partial charge in [0, 0.05) is 13.1 Å². The molecule has 0 spiro atoms. The second kappa shape index (κ2) is 6.89. The summed E-state index contributed by atoms with van der Waals surface area (Å²) in [5.74, 6) is 1.44. The van der Waals surface area contributed by atoms with E-state index in [-0.39, 0.29) is 11.9 Å². The summed E-state index contributed by atoms with van der Waals surface area (Å²) in [7, 11) is 0. The number of hydrogen-bond acceptors (Lipinski definition) is 3. The number of likely N-dealkylation sites (tertiary alicyclic amines) is 1. The fourth-order valence-corrected chi connectivity index (χ4v) is 3.39. The van der Waals surface area contributed by atoms with Crippen LogP contribution in [0.1, 0.15) is 39.0 Å². The molecule has 0 radical (unpaired) electrons. The van der Waals surface area contributed by atoms with E-state index in [0.29, 0.717) is 13.1 Å². The van der Waals surface area contributed by atoms with Gasteiger partial charge in [-0.25, -0.2) is 4.79 Å². The molecule has 1 heterocycles. The average Bonchev–Trinajstić information content (AvgIpc) is 2.38. The number of amides is 3. The van der Waals surface area contributed by atoms with Crippen molar-refractivity contribution in [2.75, 3.05) is 26.2 Å². The Morgan fingerprint density at radius 3 is 2.63 bits per heavy atom. The molecule has 1 aliphatic heterocycles. The van der Waals surface area contributed by atoms with Gasteiger partial charge in [0.15, 0.2) is 0 Å². The molecule has 108 valence electrons. The van der Waals surface area contributed by atoms with Crippen LogP contribution in [-0.2, 0) is 4.79 Å². The second-order valence-electron chi connectivity index (χ2n) is 5.74. The zero-order valence-electron chi connectivity index (χ0n) is 11.8. The number of imide groups is 1. The highest BCUT2D eigenvalue weighted by molar-refractivity contribution is 5.95. The van der Waals surface area contributed by atoms with Crippen LogP contribution in [0.2, 0.25) is 0 Å². The van der Waals surface area contributed by atoms with Crippen LogP contribution in [0.15, 0.2) is 0 Å². The van der Waals surface area contributed by atoms with Gasteiger partial charge in [0.2, 0.25) is 5.91 Å². The van der Waals surface area contributed by atoms with Gasteiger partial charge in [-0.15, -0.1) is 0 Å². The van der Waals surface area contributed by atoms with Crippen molar-refractivity contribution in [1.29, 1.82) is 0 Å². The quantitative estimate of drug-likeness (QED) is 0.811. The van der Waals surface area contributed by atoms with Gasteiger partial charge in [-0.1, -0.05) is 19.3 Å². The van der Waals surface area contributed by atoms with Crippen molar-refractivity contribution in [3.63, 3.8) is 0 Å². The van der Waals surface area contributed by atoms with Crippen molar-refractivity contribution in [2.45, 2.75) is 39.0 Å². The first-order chi connectivity index (χ1) is 9.19. The largest absolute Gasteiger partial charge is 0.338 e. The van der Waals surface area contributed by atoms with Gasteiger partial charge in [0.05, 0.1) is 6.54 Å². The number of rotatable bonds is 3. The van der Waals surface area contributed by atoms with Gasteiger partial charge in [-0.05, 0) is 38.1 Å². The third kappa shape index (κ3) is 4.20. The number of fused-ring (bicyclic) bond motifs is 1. The topological polar surface area (TPSA) is 61.4 Å². The van der Waals surface area contributed by atoms with Crippen LogP contribution in [0.4, 0.5) is 4.79 Å². The first-order valence-corrected chi connectivity index (χ1v) is 7.49. The number of piperidine rings is 1. The molecule has 1 aliphatic carbocycles. The minimum absolute atomic E-state index is 0.194. The summed E-state index contributed by atoms with van der Waals surface area (Å²) in [5, 5.41) is 4.94. The van der Waals surface area contributed by atoms with Gasteiger partial charge < -0.3 is 5.32 Å². The molecule has 2 atom stereocenters. The summed E-state index contributed by atoms with van der Waals surface area (Å²) in [4.78, 5) is 25.2. The summed E-state index contributed by atoms with van der Waals surface area (Å²) in [6.07, 6.45) is 6.58. The maximum atomic E-state index is 11.7. The lowest BCUT2D eigenvalue weighted by atomic mass is 9.75. The lowest BCUT2D eigenvalue weighted by Crippen LogP contribution is -2.48. The number of hydrogen-bond donors (Lipinski definition) is 2. The summed E-state index contributed by atoms with van der Waals surface area (Å²) < 4.78 is 0. The number of carbonyl (C=O) groups excluding carboxylic acids is 2. The van der Waals surface area contributed by atoms with Crippen LogP contribution in [-0.4, -0.2) is 43.0 Å². The monoisotopic (exact) mass is 267 g/mol. The molecule has 5 heteroatoms. The molecule has 3 amide bonds. The third-order valence-electron chi connectivity index (χ3n) is 4.33. The first kappa shape index (κ1) is 14.3. The molecule has 2 rings (SSSR count). The molecular weight excluding hydrogens is 242 g/mol. The fourth-order valence-electron chi connectivity index (χ4n) is 3.39. The van der Waals surface area contributed by atoms with Gasteiger partial charge >= 0.3 is 6.03 Å². The zero-order chi connectivity index (χ0) is 13.7. The normalized spacial score (nSPS) is 27.4. The van der Waals surface area contributed by atoms with Gasteiger partial charge in [0.25, 0.3) is 0 Å². The fraction of sp³-hybridized carbons (Fsp3) is 0.857. The number of nitrogens with zero attached hydrogens (tertiary/aromatic N) is 1. The molecule has 5 nitrogen and oxygen atoms in total. The van der Waals surface area contributed by atoms with E-state index >= 15 is 0 Å². The van der Waals surface area contributed by atoms with Crippen molar-refractivity contribution in [3.05, 3.63) is 0 Å². The van der Waals surface area contributed by atoms with Crippen molar-refractivity contribution in [2.24, 2.45) is 11.8 Å². The first-order valence-electron chi connectivity index (χ1n) is 7.49. The zero-order valence-corrected chi connectivity index (χ0v) is 11.8. The summed E-state index contributed by atoms with van der Waals surface area (Å²) in [6, 6.07) is -0.389. The molecule has 2 N–H and O–H groups in total. The Labute approximate surface area is 115 Å². The molecule has 0 aromatic heterocycles. The lowest BCUT2D eigenvalue weighted by Gasteiger charge is -2.40. The minimum atomic E-state index is -0.389. The van der Waals surface area contributed by atoms with E-state index in [1.807, 2.05) is 6.92 Å². The predicted molar refractivity (Wildman–Crippen MR) is 73.7 cm³/mol. The second-order valence-corrected chi connectivity index (χ2v) is 5.74. The molecule has 0 unspecified atom stereocenters. The van der Waals surface area contributed by atoms with Crippen molar-refractivity contribution in [3.8, 4) is 0 Å². The van der Waals surface area contributed by atoms with E-state index in [9.17, 15) is 9.59 Å². The van der Waals surface area contributed by atoms with Crippen molar-refractivity contribution in [1.82, 2.24) is 15.5 Å². The van der Waals surface area contributed by atoms with E-state index in [1.165, 1.54) is 32.1 Å². The van der Waals surface area contributed by atoms with Crippen LogP contribution in [0.3, 0.4) is 0 Å². The summed E-state index contributed by atoms with van der Waals surface area (Å²) in [6.45, 7) is 4.72. The SMILES string of the molecule is CCNC(=O)NC(=O)CN1CC[C@@H]2CCCC[C@H]2C1. The summed E-state index contributed by atoms with van der Waals surface area (Å²) in [5.41, 5.74) is 0.